The second-order valence-corrected chi connectivity index (χ2v) is 13.6. The third kappa shape index (κ3) is 6.87. The maximum atomic E-state index is 13.4. The fraction of sp³-hybridized carbons (Fsp3) is 0.450. The van der Waals surface area contributed by atoms with Crippen LogP contribution in [-0.2, 0) is 48.2 Å². The first kappa shape index (κ1) is 33.7. The molecule has 8 heteroatoms. The number of carbonyl (C=O) groups excluding carboxylic acids is 2. The van der Waals surface area contributed by atoms with Crippen LogP contribution in [0.1, 0.15) is 78.3 Å². The molecule has 2 unspecified atom stereocenters. The number of aryl methyl sites for hydroxylation is 1. The molecule has 1 amide bonds. The van der Waals surface area contributed by atoms with Crippen LogP contribution in [0.5, 0.6) is 0 Å². The highest BCUT2D eigenvalue weighted by molar-refractivity contribution is 5.99. The summed E-state index contributed by atoms with van der Waals surface area (Å²) in [6, 6.07) is 22.2. The van der Waals surface area contributed by atoms with Gasteiger partial charge in [0.15, 0.2) is 0 Å². The summed E-state index contributed by atoms with van der Waals surface area (Å²) < 4.78 is 7.05. The number of ether oxygens (including phenoxy) is 1. The molecule has 48 heavy (non-hydrogen) atoms. The number of aliphatic hydroxyl groups is 1. The number of amides is 1. The maximum absolute atomic E-state index is 13.4. The molecule has 0 spiro atoms. The second-order valence-electron chi connectivity index (χ2n) is 13.6. The van der Waals surface area contributed by atoms with Crippen molar-refractivity contribution in [2.75, 3.05) is 13.2 Å². The number of hydrogen-bond donors (Lipinski definition) is 1. The Balaban J connectivity index is 0.000000311. The van der Waals surface area contributed by atoms with Gasteiger partial charge in [-0.25, -0.2) is 4.68 Å². The Morgan fingerprint density at radius 2 is 1.50 bits per heavy atom. The van der Waals surface area contributed by atoms with Gasteiger partial charge in [0.05, 0.1) is 49.0 Å². The number of morpholine rings is 1. The van der Waals surface area contributed by atoms with Crippen molar-refractivity contribution in [3.05, 3.63) is 111 Å². The minimum absolute atomic E-state index is 0. The van der Waals surface area contributed by atoms with Crippen LogP contribution < -0.4 is 5.56 Å². The van der Waals surface area contributed by atoms with Crippen LogP contribution in [-0.4, -0.2) is 62.9 Å². The minimum Gasteiger partial charge on any atom is -0.391 e. The first-order chi connectivity index (χ1) is 22.9. The van der Waals surface area contributed by atoms with Crippen LogP contribution in [0.4, 0.5) is 0 Å². The van der Waals surface area contributed by atoms with Crippen LogP contribution in [0, 0.1) is 5.92 Å². The molecule has 2 aliphatic heterocycles. The van der Waals surface area contributed by atoms with E-state index in [1.54, 1.807) is 12.1 Å². The van der Waals surface area contributed by atoms with E-state index < -0.39 is 6.10 Å². The van der Waals surface area contributed by atoms with Crippen molar-refractivity contribution in [1.82, 2.24) is 14.7 Å². The zero-order valence-electron chi connectivity index (χ0n) is 27.1. The number of carbonyl (C=O) groups is 2. The Kier molecular flexibility index (Phi) is 10.2. The van der Waals surface area contributed by atoms with Gasteiger partial charge in [-0.3, -0.25) is 14.4 Å². The molecule has 4 aromatic rings. The summed E-state index contributed by atoms with van der Waals surface area (Å²) in [6.45, 7) is 3.37. The van der Waals surface area contributed by atoms with E-state index in [0.29, 0.717) is 61.5 Å². The molecular weight excluding hydrogens is 602 g/mol. The normalized spacial score (nSPS) is 20.1. The molecule has 3 atom stereocenters. The average molecular weight is 650 g/mol. The summed E-state index contributed by atoms with van der Waals surface area (Å²) in [5.41, 5.74) is 6.41. The second kappa shape index (κ2) is 14.5. The Morgan fingerprint density at radius 1 is 0.896 bits per heavy atom. The van der Waals surface area contributed by atoms with E-state index in [0.717, 1.165) is 43.2 Å². The number of ketones is 1. The summed E-state index contributed by atoms with van der Waals surface area (Å²) >= 11 is 0. The van der Waals surface area contributed by atoms with Crippen molar-refractivity contribution in [3.8, 4) is 0 Å². The molecule has 2 bridgehead atoms. The number of aromatic nitrogens is 2. The Bertz CT molecular complexity index is 1800. The van der Waals surface area contributed by atoms with E-state index in [4.69, 9.17) is 4.74 Å². The number of benzene rings is 3. The van der Waals surface area contributed by atoms with Gasteiger partial charge in [0, 0.05) is 23.8 Å². The molecule has 0 radical (unpaired) electrons. The molecule has 4 aliphatic rings. The minimum atomic E-state index is -0.631. The quantitative estimate of drug-likeness (QED) is 0.284. The summed E-state index contributed by atoms with van der Waals surface area (Å²) in [6.07, 6.45) is 6.94. The van der Waals surface area contributed by atoms with Crippen molar-refractivity contribution >= 4 is 22.5 Å². The molecule has 2 aliphatic carbocycles. The largest absolute Gasteiger partial charge is 0.391 e. The number of hydrogen-bond acceptors (Lipinski definition) is 6. The molecular formula is C40H47N3O5. The SMILES string of the molecule is C.CCc1nn(C[C@@H](O)CCC2Cc3ccccc3C2)c(=O)c2ccc(C(=O)N3C4CCC3COC4)cc12.O=C1Cc2ccccc2C1. The van der Waals surface area contributed by atoms with Gasteiger partial charge in [0.2, 0.25) is 0 Å². The lowest BCUT2D eigenvalue weighted by Crippen LogP contribution is -2.49. The third-order valence-corrected chi connectivity index (χ3v) is 10.4. The number of nitrogens with zero attached hydrogens (tertiary/aromatic N) is 3. The van der Waals surface area contributed by atoms with Crippen LogP contribution in [0.15, 0.2) is 71.5 Å². The standard InChI is InChI=1S/C30H35N3O4.C9H8O.CH4/c1-2-28-27-15-22(29(35)33-23-9-10-24(33)18-37-17-23)8-12-26(27)30(36)32(31-28)16-25(34)11-7-19-13-20-5-3-4-6-21(20)14-19;10-9-5-7-3-1-2-4-8(7)6-9;/h3-6,8,12,15,19,23-25,34H,2,7,9-11,13-14,16-18H2,1H3;1-4H,5-6H2;1H4/t23?,24?,25-;;/m0../s1. The van der Waals surface area contributed by atoms with Gasteiger partial charge in [0.1, 0.15) is 5.78 Å². The summed E-state index contributed by atoms with van der Waals surface area (Å²) in [4.78, 5) is 39.6. The van der Waals surface area contributed by atoms with E-state index in [1.165, 1.54) is 26.9 Å². The van der Waals surface area contributed by atoms with Crippen molar-refractivity contribution in [2.45, 2.75) is 96.9 Å². The van der Waals surface area contributed by atoms with E-state index in [-0.39, 0.29) is 37.5 Å². The van der Waals surface area contributed by atoms with Gasteiger partial charge >= 0.3 is 0 Å². The molecule has 0 saturated carbocycles. The average Bonchev–Trinajstić information content (AvgIpc) is 3.76. The number of rotatable bonds is 7. The zero-order chi connectivity index (χ0) is 32.5. The molecule has 3 heterocycles. The molecule has 2 fully saturated rings. The van der Waals surface area contributed by atoms with Crippen LogP contribution >= 0.6 is 0 Å². The van der Waals surface area contributed by atoms with Gasteiger partial charge in [-0.2, -0.15) is 5.10 Å². The highest BCUT2D eigenvalue weighted by Gasteiger charge is 2.40. The molecule has 2 saturated heterocycles. The monoisotopic (exact) mass is 649 g/mol. The van der Waals surface area contributed by atoms with E-state index in [2.05, 4.69) is 29.4 Å². The zero-order valence-corrected chi connectivity index (χ0v) is 27.1. The topological polar surface area (TPSA) is 102 Å². The maximum Gasteiger partial charge on any atom is 0.274 e. The lowest BCUT2D eigenvalue weighted by atomic mass is 9.98. The van der Waals surface area contributed by atoms with Crippen molar-refractivity contribution < 1.29 is 19.4 Å². The van der Waals surface area contributed by atoms with Gasteiger partial charge in [0.25, 0.3) is 11.5 Å². The predicted molar refractivity (Wildman–Crippen MR) is 187 cm³/mol. The molecule has 3 aromatic carbocycles. The number of fused-ring (bicyclic) bond motifs is 5. The lowest BCUT2D eigenvalue weighted by molar-refractivity contribution is -0.117. The highest BCUT2D eigenvalue weighted by Crippen LogP contribution is 2.32. The Morgan fingerprint density at radius 3 is 2.10 bits per heavy atom. The number of aliphatic hydroxyl groups excluding tert-OH is 1. The first-order valence-electron chi connectivity index (χ1n) is 17.2. The molecule has 1 N–H and O–H groups in total. The van der Waals surface area contributed by atoms with Gasteiger partial charge in [-0.1, -0.05) is 62.9 Å². The van der Waals surface area contributed by atoms with Crippen molar-refractivity contribution in [3.63, 3.8) is 0 Å². The van der Waals surface area contributed by atoms with E-state index in [1.807, 2.05) is 42.2 Å². The van der Waals surface area contributed by atoms with E-state index in [9.17, 15) is 19.5 Å². The highest BCUT2D eigenvalue weighted by atomic mass is 16.5. The molecule has 1 aromatic heterocycles. The Labute approximate surface area is 282 Å². The fourth-order valence-corrected chi connectivity index (χ4v) is 7.94. The summed E-state index contributed by atoms with van der Waals surface area (Å²) in [5, 5.41) is 16.7. The van der Waals surface area contributed by atoms with Crippen LogP contribution in [0.25, 0.3) is 10.8 Å². The van der Waals surface area contributed by atoms with Gasteiger partial charge in [-0.05, 0) is 91.3 Å². The number of Topliss-reactive ketones (excluding diaryl/α,β-unsaturated/α-hetero) is 1. The molecule has 8 nitrogen and oxygen atoms in total. The summed E-state index contributed by atoms with van der Waals surface area (Å²) in [7, 11) is 0. The van der Waals surface area contributed by atoms with Gasteiger partial charge < -0.3 is 14.7 Å². The fourth-order valence-electron chi connectivity index (χ4n) is 7.94. The Hall–Kier alpha value is -4.14. The predicted octanol–water partition coefficient (Wildman–Crippen LogP) is 5.51. The van der Waals surface area contributed by atoms with Crippen LogP contribution in [0.3, 0.4) is 0 Å². The van der Waals surface area contributed by atoms with Crippen LogP contribution in [0.2, 0.25) is 0 Å². The smallest absolute Gasteiger partial charge is 0.274 e. The van der Waals surface area contributed by atoms with Crippen molar-refractivity contribution in [1.29, 1.82) is 0 Å². The molecule has 8 rings (SSSR count). The third-order valence-electron chi connectivity index (χ3n) is 10.4. The van der Waals surface area contributed by atoms with Gasteiger partial charge in [-0.15, -0.1) is 0 Å². The summed E-state index contributed by atoms with van der Waals surface area (Å²) in [5.74, 6) is 0.895. The molecule has 252 valence electrons. The van der Waals surface area contributed by atoms with Crippen molar-refractivity contribution in [2.24, 2.45) is 5.92 Å². The lowest BCUT2D eigenvalue weighted by Gasteiger charge is -2.34. The first-order valence-corrected chi connectivity index (χ1v) is 17.2. The van der Waals surface area contributed by atoms with E-state index >= 15 is 0 Å².